The van der Waals surface area contributed by atoms with E-state index >= 15 is 0 Å². The van der Waals surface area contributed by atoms with Crippen LogP contribution in [0.5, 0.6) is 0 Å². The van der Waals surface area contributed by atoms with Crippen LogP contribution in [0.3, 0.4) is 0 Å². The van der Waals surface area contributed by atoms with Crippen LogP contribution in [-0.2, 0) is 22.4 Å². The molecule has 0 unspecified atom stereocenters. The second kappa shape index (κ2) is 10.3. The van der Waals surface area contributed by atoms with Gasteiger partial charge in [-0.25, -0.2) is 4.98 Å². The van der Waals surface area contributed by atoms with Crippen molar-refractivity contribution >= 4 is 22.2 Å². The average Bonchev–Trinajstić information content (AvgIpc) is 3.60. The van der Waals surface area contributed by atoms with Gasteiger partial charge in [-0.2, -0.15) is 0 Å². The largest absolute Gasteiger partial charge is 0.376 e. The summed E-state index contributed by atoms with van der Waals surface area (Å²) in [4.78, 5) is 21.0. The number of rotatable bonds is 9. The number of aryl methyl sites for hydroxylation is 1. The Bertz CT molecular complexity index is 1180. The maximum atomic E-state index is 13.2. The number of thiazole rings is 1. The van der Waals surface area contributed by atoms with Gasteiger partial charge in [0.05, 0.1) is 11.8 Å². The van der Waals surface area contributed by atoms with E-state index in [1.54, 1.807) is 11.3 Å². The van der Waals surface area contributed by atoms with Crippen molar-refractivity contribution < 1.29 is 9.53 Å². The average molecular weight is 460 g/mol. The molecule has 170 valence electrons. The number of hydrogen-bond donors (Lipinski definition) is 0. The quantitative estimate of drug-likeness (QED) is 0.344. The summed E-state index contributed by atoms with van der Waals surface area (Å²) in [6.07, 6.45) is 6.48. The molecule has 0 bridgehead atoms. The van der Waals surface area contributed by atoms with Crippen LogP contribution >= 0.6 is 11.3 Å². The SMILES string of the molecule is O=C(CCc1ccccc1)N(CCc1csc2nc(-c3ccccc3)cn12)C[C@H]1CCCO1. The first-order valence-electron chi connectivity index (χ1n) is 11.7. The lowest BCUT2D eigenvalue weighted by molar-refractivity contribution is -0.132. The number of imidazole rings is 1. The fraction of sp³-hybridized carbons (Fsp3) is 0.333. The molecule has 0 N–H and O–H groups in total. The lowest BCUT2D eigenvalue weighted by Crippen LogP contribution is -2.39. The molecule has 2 aromatic heterocycles. The topological polar surface area (TPSA) is 46.8 Å². The van der Waals surface area contributed by atoms with Gasteiger partial charge in [0.15, 0.2) is 4.96 Å². The summed E-state index contributed by atoms with van der Waals surface area (Å²) in [6.45, 7) is 2.18. The molecule has 0 spiro atoms. The highest BCUT2D eigenvalue weighted by molar-refractivity contribution is 7.15. The van der Waals surface area contributed by atoms with E-state index in [1.165, 1.54) is 11.3 Å². The maximum Gasteiger partial charge on any atom is 0.223 e. The zero-order valence-electron chi connectivity index (χ0n) is 18.7. The van der Waals surface area contributed by atoms with Gasteiger partial charge in [-0.15, -0.1) is 11.3 Å². The minimum atomic E-state index is 0.158. The van der Waals surface area contributed by atoms with E-state index in [0.29, 0.717) is 19.5 Å². The van der Waals surface area contributed by atoms with Crippen LogP contribution in [0.4, 0.5) is 0 Å². The first kappa shape index (κ1) is 21.9. The van der Waals surface area contributed by atoms with Crippen molar-refractivity contribution in [3.8, 4) is 11.3 Å². The number of benzene rings is 2. The van der Waals surface area contributed by atoms with Gasteiger partial charge in [0.1, 0.15) is 0 Å². The molecule has 1 aliphatic rings. The monoisotopic (exact) mass is 459 g/mol. The molecular weight excluding hydrogens is 430 g/mol. The van der Waals surface area contributed by atoms with Crippen LogP contribution < -0.4 is 0 Å². The summed E-state index contributed by atoms with van der Waals surface area (Å²) >= 11 is 1.65. The summed E-state index contributed by atoms with van der Waals surface area (Å²) in [5.41, 5.74) is 4.50. The molecule has 0 radical (unpaired) electrons. The molecule has 2 aromatic carbocycles. The van der Waals surface area contributed by atoms with Gasteiger partial charge in [-0.3, -0.25) is 9.20 Å². The molecular formula is C27H29N3O2S. The molecule has 1 saturated heterocycles. The van der Waals surface area contributed by atoms with Gasteiger partial charge in [0, 0.05) is 55.4 Å². The molecule has 0 saturated carbocycles. The van der Waals surface area contributed by atoms with E-state index in [2.05, 4.69) is 40.2 Å². The van der Waals surface area contributed by atoms with Gasteiger partial charge in [0.25, 0.3) is 0 Å². The van der Waals surface area contributed by atoms with E-state index < -0.39 is 0 Å². The molecule has 1 aliphatic heterocycles. The lowest BCUT2D eigenvalue weighted by atomic mass is 10.1. The Labute approximate surface area is 198 Å². The smallest absolute Gasteiger partial charge is 0.223 e. The van der Waals surface area contributed by atoms with Gasteiger partial charge in [-0.1, -0.05) is 60.7 Å². The van der Waals surface area contributed by atoms with Crippen molar-refractivity contribution in [2.75, 3.05) is 19.7 Å². The standard InChI is InChI=1S/C27H29N3O2S/c31-26(14-13-21-8-3-1-4-9-21)29(18-24-12-7-17-32-24)16-15-23-20-33-27-28-25(19-30(23)27)22-10-5-2-6-11-22/h1-6,8-11,19-20,24H,7,12-18H2/t24-/m1/s1. The zero-order chi connectivity index (χ0) is 22.5. The number of aromatic nitrogens is 2. The molecule has 1 fully saturated rings. The molecule has 0 aliphatic carbocycles. The first-order valence-corrected chi connectivity index (χ1v) is 12.6. The molecule has 33 heavy (non-hydrogen) atoms. The third kappa shape index (κ3) is 5.34. The molecule has 3 heterocycles. The van der Waals surface area contributed by atoms with E-state index in [0.717, 1.165) is 48.5 Å². The number of carbonyl (C=O) groups excluding carboxylic acids is 1. The van der Waals surface area contributed by atoms with Crippen LogP contribution in [-0.4, -0.2) is 46.0 Å². The third-order valence-electron chi connectivity index (χ3n) is 6.26. The molecule has 5 nitrogen and oxygen atoms in total. The molecule has 4 aromatic rings. The van der Waals surface area contributed by atoms with Gasteiger partial charge in [0.2, 0.25) is 5.91 Å². The van der Waals surface area contributed by atoms with Crippen LogP contribution in [0.25, 0.3) is 16.2 Å². The van der Waals surface area contributed by atoms with E-state index in [9.17, 15) is 4.79 Å². The summed E-state index contributed by atoms with van der Waals surface area (Å²) in [7, 11) is 0. The van der Waals surface area contributed by atoms with Crippen molar-refractivity contribution in [3.05, 3.63) is 83.5 Å². The minimum Gasteiger partial charge on any atom is -0.376 e. The number of ether oxygens (including phenoxy) is 1. The minimum absolute atomic E-state index is 0.158. The Kier molecular flexibility index (Phi) is 6.84. The highest BCUT2D eigenvalue weighted by Gasteiger charge is 2.23. The molecule has 1 atom stereocenters. The van der Waals surface area contributed by atoms with E-state index in [4.69, 9.17) is 9.72 Å². The number of hydrogen-bond acceptors (Lipinski definition) is 4. The van der Waals surface area contributed by atoms with Crippen molar-refractivity contribution in [2.24, 2.45) is 0 Å². The number of fused-ring (bicyclic) bond motifs is 1. The fourth-order valence-corrected chi connectivity index (χ4v) is 5.32. The van der Waals surface area contributed by atoms with Crippen molar-refractivity contribution in [3.63, 3.8) is 0 Å². The maximum absolute atomic E-state index is 13.2. The number of carbonyl (C=O) groups is 1. The van der Waals surface area contributed by atoms with E-state index in [1.807, 2.05) is 41.3 Å². The Morgan fingerprint density at radius 2 is 1.88 bits per heavy atom. The van der Waals surface area contributed by atoms with Crippen molar-refractivity contribution in [1.29, 1.82) is 0 Å². The summed E-state index contributed by atoms with van der Waals surface area (Å²) < 4.78 is 8.02. The second-order valence-electron chi connectivity index (χ2n) is 8.58. The van der Waals surface area contributed by atoms with Crippen LogP contribution in [0.15, 0.2) is 72.2 Å². The summed E-state index contributed by atoms with van der Waals surface area (Å²) in [6, 6.07) is 20.5. The van der Waals surface area contributed by atoms with Gasteiger partial charge >= 0.3 is 0 Å². The predicted octanol–water partition coefficient (Wildman–Crippen LogP) is 5.25. The second-order valence-corrected chi connectivity index (χ2v) is 9.42. The molecule has 5 rings (SSSR count). The van der Waals surface area contributed by atoms with Crippen LogP contribution in [0.2, 0.25) is 0 Å². The Balaban J connectivity index is 1.27. The lowest BCUT2D eigenvalue weighted by Gasteiger charge is -2.25. The van der Waals surface area contributed by atoms with Crippen molar-refractivity contribution in [1.82, 2.24) is 14.3 Å². The summed E-state index contributed by atoms with van der Waals surface area (Å²) in [5, 5.41) is 2.16. The summed E-state index contributed by atoms with van der Waals surface area (Å²) in [5.74, 6) is 0.205. The first-order chi connectivity index (χ1) is 16.3. The Morgan fingerprint density at radius 3 is 2.64 bits per heavy atom. The fourth-order valence-electron chi connectivity index (χ4n) is 4.41. The van der Waals surface area contributed by atoms with Crippen LogP contribution in [0, 0.1) is 0 Å². The Hall–Kier alpha value is -2.96. The van der Waals surface area contributed by atoms with Gasteiger partial charge < -0.3 is 9.64 Å². The van der Waals surface area contributed by atoms with E-state index in [-0.39, 0.29) is 12.0 Å². The van der Waals surface area contributed by atoms with Crippen molar-refractivity contribution in [2.45, 2.75) is 38.2 Å². The molecule has 1 amide bonds. The van der Waals surface area contributed by atoms with Crippen LogP contribution in [0.1, 0.15) is 30.5 Å². The Morgan fingerprint density at radius 1 is 1.09 bits per heavy atom. The molecule has 6 heteroatoms. The highest BCUT2D eigenvalue weighted by atomic mass is 32.1. The van der Waals surface area contributed by atoms with Gasteiger partial charge in [-0.05, 0) is 24.8 Å². The number of nitrogens with zero attached hydrogens (tertiary/aromatic N) is 3. The highest BCUT2D eigenvalue weighted by Crippen LogP contribution is 2.24. The predicted molar refractivity (Wildman–Crippen MR) is 133 cm³/mol. The normalized spacial score (nSPS) is 15.8. The number of amides is 1. The zero-order valence-corrected chi connectivity index (χ0v) is 19.5. The third-order valence-corrected chi connectivity index (χ3v) is 7.15.